The van der Waals surface area contributed by atoms with Gasteiger partial charge in [-0.1, -0.05) is 72.9 Å². The summed E-state index contributed by atoms with van der Waals surface area (Å²) in [5, 5.41) is 11.3. The summed E-state index contributed by atoms with van der Waals surface area (Å²) in [7, 11) is 0. The van der Waals surface area contributed by atoms with E-state index in [-0.39, 0.29) is 24.8 Å². The summed E-state index contributed by atoms with van der Waals surface area (Å²) in [4.78, 5) is 36.7. The van der Waals surface area contributed by atoms with E-state index in [2.05, 4.69) is 5.32 Å². The van der Waals surface area contributed by atoms with Crippen molar-refractivity contribution in [3.05, 3.63) is 53.0 Å². The summed E-state index contributed by atoms with van der Waals surface area (Å²) < 4.78 is 0.362. The largest absolute Gasteiger partial charge is 0.481 e. The molecule has 1 fully saturated rings. The van der Waals surface area contributed by atoms with Crippen LogP contribution in [0.15, 0.2) is 47.4 Å². The Morgan fingerprint density at radius 1 is 1.18 bits per heavy atom. The Kier molecular flexibility index (Phi) is 8.90. The number of hydrogen-bond acceptors (Lipinski definition) is 5. The zero-order valence-electron chi connectivity index (χ0n) is 15.3. The minimum absolute atomic E-state index is 0.112. The average molecular weight is 419 g/mol. The number of hydrogen-bond donors (Lipinski definition) is 2. The van der Waals surface area contributed by atoms with Gasteiger partial charge in [0.1, 0.15) is 10.9 Å². The third kappa shape index (κ3) is 7.28. The highest BCUT2D eigenvalue weighted by molar-refractivity contribution is 8.26. The van der Waals surface area contributed by atoms with Crippen molar-refractivity contribution in [2.24, 2.45) is 0 Å². The van der Waals surface area contributed by atoms with Crippen molar-refractivity contribution < 1.29 is 19.5 Å². The molecule has 8 heteroatoms. The van der Waals surface area contributed by atoms with Gasteiger partial charge in [0.15, 0.2) is 0 Å². The van der Waals surface area contributed by atoms with Crippen LogP contribution >= 0.6 is 24.0 Å². The highest BCUT2D eigenvalue weighted by Gasteiger charge is 2.32. The molecule has 1 heterocycles. The highest BCUT2D eigenvalue weighted by Crippen LogP contribution is 2.30. The third-order valence-corrected chi connectivity index (χ3v) is 5.30. The first-order valence-electron chi connectivity index (χ1n) is 8.93. The molecule has 0 spiro atoms. The summed E-state index contributed by atoms with van der Waals surface area (Å²) in [6, 6.07) is 9.72. The molecule has 0 aliphatic carbocycles. The molecule has 0 unspecified atom stereocenters. The number of carbonyl (C=O) groups excluding carboxylic acids is 2. The third-order valence-electron chi connectivity index (χ3n) is 3.90. The predicted molar refractivity (Wildman–Crippen MR) is 115 cm³/mol. The molecule has 0 aromatic heterocycles. The Labute approximate surface area is 173 Å². The van der Waals surface area contributed by atoms with Gasteiger partial charge in [-0.3, -0.25) is 19.3 Å². The fraction of sp³-hybridized carbons (Fsp3) is 0.300. The van der Waals surface area contributed by atoms with E-state index in [1.807, 2.05) is 36.4 Å². The first-order valence-corrected chi connectivity index (χ1v) is 10.2. The van der Waals surface area contributed by atoms with Gasteiger partial charge < -0.3 is 10.4 Å². The molecule has 0 radical (unpaired) electrons. The number of carboxylic acids is 1. The lowest BCUT2D eigenvalue weighted by Gasteiger charge is -2.14. The number of aliphatic carboxylic acids is 1. The van der Waals surface area contributed by atoms with Crippen LogP contribution < -0.4 is 5.32 Å². The summed E-state index contributed by atoms with van der Waals surface area (Å²) in [6.07, 6.45) is 7.53. The molecule has 0 bridgehead atoms. The molecule has 2 amide bonds. The maximum absolute atomic E-state index is 12.5. The van der Waals surface area contributed by atoms with Crippen molar-refractivity contribution in [2.45, 2.75) is 25.7 Å². The topological polar surface area (TPSA) is 86.7 Å². The standard InChI is InChI=1S/C20H22N2O4S2/c23-17(21-13-6-2-5-12-18(24)25)14-22-19(26)16(28-20(22)27)11-7-10-15-8-3-1-4-9-15/h1,3-4,7-11H,2,5-6,12-14H2,(H,21,23)(H,24,25)/b10-7+,16-11-. The number of thioether (sulfide) groups is 1. The lowest BCUT2D eigenvalue weighted by molar-refractivity contribution is -0.137. The van der Waals surface area contributed by atoms with Gasteiger partial charge in [-0.25, -0.2) is 0 Å². The van der Waals surface area contributed by atoms with E-state index in [1.54, 1.807) is 12.2 Å². The molecule has 1 aromatic carbocycles. The minimum atomic E-state index is -0.815. The van der Waals surface area contributed by atoms with Crippen LogP contribution in [0.1, 0.15) is 31.2 Å². The molecular formula is C20H22N2O4S2. The number of carbonyl (C=O) groups is 3. The number of thiocarbonyl (C=S) groups is 1. The number of rotatable bonds is 10. The SMILES string of the molecule is O=C(O)CCCCCNC(=O)CN1C(=O)/C(=C/C=C/c2ccccc2)SC1=S. The fourth-order valence-electron chi connectivity index (χ4n) is 2.47. The second-order valence-electron chi connectivity index (χ2n) is 6.11. The molecular weight excluding hydrogens is 396 g/mol. The van der Waals surface area contributed by atoms with Gasteiger partial charge >= 0.3 is 5.97 Å². The van der Waals surface area contributed by atoms with Gasteiger partial charge in [-0.15, -0.1) is 0 Å². The minimum Gasteiger partial charge on any atom is -0.481 e. The molecule has 6 nitrogen and oxygen atoms in total. The van der Waals surface area contributed by atoms with Gasteiger partial charge in [0.05, 0.1) is 4.91 Å². The van der Waals surface area contributed by atoms with Gasteiger partial charge in [-0.05, 0) is 24.5 Å². The van der Waals surface area contributed by atoms with E-state index in [0.29, 0.717) is 28.6 Å². The Morgan fingerprint density at radius 3 is 2.64 bits per heavy atom. The number of nitrogens with zero attached hydrogens (tertiary/aromatic N) is 1. The second kappa shape index (κ2) is 11.4. The summed E-state index contributed by atoms with van der Waals surface area (Å²) in [6.45, 7) is 0.336. The number of carboxylic acid groups (broad SMARTS) is 1. The van der Waals surface area contributed by atoms with Gasteiger partial charge in [-0.2, -0.15) is 0 Å². The maximum atomic E-state index is 12.5. The van der Waals surface area contributed by atoms with Crippen LogP contribution in [0.4, 0.5) is 0 Å². The number of amides is 2. The van der Waals surface area contributed by atoms with Crippen LogP contribution in [-0.4, -0.2) is 45.2 Å². The van der Waals surface area contributed by atoms with Crippen molar-refractivity contribution in [3.63, 3.8) is 0 Å². The van der Waals surface area contributed by atoms with Crippen molar-refractivity contribution in [1.82, 2.24) is 10.2 Å². The molecule has 1 aliphatic heterocycles. The summed E-state index contributed by atoms with van der Waals surface area (Å²) >= 11 is 6.40. The first-order chi connectivity index (χ1) is 13.5. The van der Waals surface area contributed by atoms with Crippen LogP contribution in [0.5, 0.6) is 0 Å². The maximum Gasteiger partial charge on any atom is 0.303 e. The van der Waals surface area contributed by atoms with Crippen LogP contribution in [0.3, 0.4) is 0 Å². The van der Waals surface area contributed by atoms with E-state index in [1.165, 1.54) is 16.7 Å². The number of nitrogens with one attached hydrogen (secondary N) is 1. The van der Waals surface area contributed by atoms with E-state index in [4.69, 9.17) is 17.3 Å². The molecule has 1 aliphatic rings. The van der Waals surface area contributed by atoms with E-state index in [0.717, 1.165) is 12.0 Å². The lowest BCUT2D eigenvalue weighted by Crippen LogP contribution is -2.39. The quantitative estimate of drug-likeness (QED) is 0.345. The molecule has 1 saturated heterocycles. The number of benzene rings is 1. The van der Waals surface area contributed by atoms with Crippen LogP contribution in [0.25, 0.3) is 6.08 Å². The smallest absolute Gasteiger partial charge is 0.303 e. The zero-order valence-corrected chi connectivity index (χ0v) is 16.9. The molecule has 2 rings (SSSR count). The van der Waals surface area contributed by atoms with Crippen molar-refractivity contribution in [1.29, 1.82) is 0 Å². The predicted octanol–water partition coefficient (Wildman–Crippen LogP) is 3.21. The van der Waals surface area contributed by atoms with Crippen molar-refractivity contribution >= 4 is 52.2 Å². The molecule has 0 atom stereocenters. The molecule has 0 saturated carbocycles. The van der Waals surface area contributed by atoms with E-state index < -0.39 is 5.97 Å². The Bertz CT molecular complexity index is 791. The lowest BCUT2D eigenvalue weighted by atomic mass is 10.2. The zero-order chi connectivity index (χ0) is 20.4. The van der Waals surface area contributed by atoms with E-state index >= 15 is 0 Å². The summed E-state index contributed by atoms with van der Waals surface area (Å²) in [5.74, 6) is -1.37. The molecule has 1 aromatic rings. The van der Waals surface area contributed by atoms with Gasteiger partial charge in [0.2, 0.25) is 5.91 Å². The van der Waals surface area contributed by atoms with Crippen LogP contribution in [-0.2, 0) is 14.4 Å². The van der Waals surface area contributed by atoms with Crippen LogP contribution in [0.2, 0.25) is 0 Å². The normalized spacial score (nSPS) is 15.6. The Hall–Kier alpha value is -2.45. The average Bonchev–Trinajstić information content (AvgIpc) is 2.93. The van der Waals surface area contributed by atoms with E-state index in [9.17, 15) is 14.4 Å². The Morgan fingerprint density at radius 2 is 1.93 bits per heavy atom. The highest BCUT2D eigenvalue weighted by atomic mass is 32.2. The van der Waals surface area contributed by atoms with Crippen LogP contribution in [0, 0.1) is 0 Å². The molecule has 28 heavy (non-hydrogen) atoms. The summed E-state index contributed by atoms with van der Waals surface area (Å²) in [5.41, 5.74) is 1.02. The van der Waals surface area contributed by atoms with Crippen molar-refractivity contribution in [2.75, 3.05) is 13.1 Å². The second-order valence-corrected chi connectivity index (χ2v) is 7.79. The first kappa shape index (κ1) is 21.8. The van der Waals surface area contributed by atoms with Gasteiger partial charge in [0.25, 0.3) is 5.91 Å². The monoisotopic (exact) mass is 418 g/mol. The van der Waals surface area contributed by atoms with Gasteiger partial charge in [0, 0.05) is 13.0 Å². The number of allylic oxidation sites excluding steroid dienone is 2. The fourth-order valence-corrected chi connectivity index (χ4v) is 3.67. The Balaban J connectivity index is 1.78. The molecule has 148 valence electrons. The number of unbranched alkanes of at least 4 members (excludes halogenated alkanes) is 2. The van der Waals surface area contributed by atoms with Crippen molar-refractivity contribution in [3.8, 4) is 0 Å². The molecule has 2 N–H and O–H groups in total.